The molecule has 0 amide bonds. The van der Waals surface area contributed by atoms with Crippen LogP contribution in [0.3, 0.4) is 0 Å². The number of aromatic nitrogens is 2. The number of benzene rings is 4. The summed E-state index contributed by atoms with van der Waals surface area (Å²) in [5.41, 5.74) is 2.74. The Morgan fingerprint density at radius 2 is 1.85 bits per heavy atom. The maximum absolute atomic E-state index is 13.6. The van der Waals surface area contributed by atoms with Crippen LogP contribution in [0.5, 0.6) is 5.75 Å². The summed E-state index contributed by atoms with van der Waals surface area (Å²) in [5, 5.41) is 17.5. The van der Waals surface area contributed by atoms with Gasteiger partial charge in [-0.25, -0.2) is 4.98 Å². The highest BCUT2D eigenvalue weighted by molar-refractivity contribution is 9.10. The smallest absolute Gasteiger partial charge is 0.311 e. The van der Waals surface area contributed by atoms with Crippen molar-refractivity contribution in [3.05, 3.63) is 133 Å². The third-order valence-corrected chi connectivity index (χ3v) is 6.98. The van der Waals surface area contributed by atoms with E-state index in [1.807, 2.05) is 49.4 Å². The number of furan rings is 1. The normalized spacial score (nSPS) is 11.5. The van der Waals surface area contributed by atoms with Gasteiger partial charge < -0.3 is 9.15 Å². The Balaban J connectivity index is 1.47. The molecule has 0 radical (unpaired) electrons. The topological polar surface area (TPSA) is 113 Å². The molecule has 0 bridgehead atoms. The number of ether oxygens (including phenoxy) is 1. The number of aryl methyl sites for hydroxylation is 1. The number of hydrogen-bond acceptors (Lipinski definition) is 7. The van der Waals surface area contributed by atoms with Crippen LogP contribution in [0, 0.1) is 17.0 Å². The van der Waals surface area contributed by atoms with Gasteiger partial charge in [-0.3, -0.25) is 14.9 Å². The molecule has 0 saturated heterocycles. The van der Waals surface area contributed by atoms with Crippen LogP contribution in [0.15, 0.2) is 110 Å². The number of nitrogens with zero attached hydrogens (tertiary/aromatic N) is 4. The maximum atomic E-state index is 13.6. The molecule has 0 spiro atoms. The van der Waals surface area contributed by atoms with E-state index in [2.05, 4.69) is 21.0 Å². The zero-order valence-corrected chi connectivity index (χ0v) is 23.2. The van der Waals surface area contributed by atoms with Gasteiger partial charge in [-0.2, -0.15) is 9.78 Å². The fraction of sp³-hybridized carbons (Fsp3) is 0.0645. The number of hydrogen-bond donors (Lipinski definition) is 0. The minimum atomic E-state index is -0.510. The lowest BCUT2D eigenvalue weighted by Crippen LogP contribution is -2.20. The average Bonchev–Trinajstić information content (AvgIpc) is 3.39. The van der Waals surface area contributed by atoms with E-state index >= 15 is 0 Å². The van der Waals surface area contributed by atoms with E-state index in [-0.39, 0.29) is 23.9 Å². The first kappa shape index (κ1) is 26.1. The Morgan fingerprint density at radius 3 is 2.66 bits per heavy atom. The molecule has 0 N–H and O–H groups in total. The maximum Gasteiger partial charge on any atom is 0.311 e. The molecule has 0 aliphatic carbocycles. The summed E-state index contributed by atoms with van der Waals surface area (Å²) in [7, 11) is 0. The molecule has 9 nitrogen and oxygen atoms in total. The second-order valence-corrected chi connectivity index (χ2v) is 10.2. The summed E-state index contributed by atoms with van der Waals surface area (Å²) in [5.74, 6) is 0.566. The van der Waals surface area contributed by atoms with Crippen molar-refractivity contribution in [3.8, 4) is 17.3 Å². The van der Waals surface area contributed by atoms with Gasteiger partial charge in [0.15, 0.2) is 5.76 Å². The quantitative estimate of drug-likeness (QED) is 0.107. The first-order valence-corrected chi connectivity index (χ1v) is 13.4. The zero-order valence-electron chi connectivity index (χ0n) is 21.7. The van der Waals surface area contributed by atoms with Crippen LogP contribution in [0.4, 0.5) is 5.69 Å². The standard InChI is InChI=1S/C31H21BrN4O5/c1-19-9-11-20(12-10-19)18-40-29-21(5-4-8-26(29)36(38)39)17-33-35-30(34-25-7-3-2-6-24(25)31(35)37)28-16-22-15-23(32)13-14-27(22)41-28/h2-17H,18H2,1H3. The molecule has 6 rings (SSSR count). The fourth-order valence-electron chi connectivity index (χ4n) is 4.42. The van der Waals surface area contributed by atoms with Gasteiger partial charge in [0.1, 0.15) is 12.2 Å². The first-order valence-electron chi connectivity index (χ1n) is 12.6. The number of rotatable bonds is 7. The zero-order chi connectivity index (χ0) is 28.5. The molecule has 0 fully saturated rings. The van der Waals surface area contributed by atoms with E-state index in [0.717, 1.165) is 25.7 Å². The predicted octanol–water partition coefficient (Wildman–Crippen LogP) is 7.25. The summed E-state index contributed by atoms with van der Waals surface area (Å²) in [6.45, 7) is 2.09. The Morgan fingerprint density at radius 1 is 1.05 bits per heavy atom. The van der Waals surface area contributed by atoms with E-state index in [0.29, 0.717) is 27.8 Å². The lowest BCUT2D eigenvalue weighted by Gasteiger charge is -2.11. The number of fused-ring (bicyclic) bond motifs is 2. The van der Waals surface area contributed by atoms with Crippen molar-refractivity contribution < 1.29 is 14.1 Å². The van der Waals surface area contributed by atoms with Gasteiger partial charge in [-0.1, -0.05) is 64.0 Å². The van der Waals surface area contributed by atoms with Crippen molar-refractivity contribution in [1.29, 1.82) is 0 Å². The molecular weight excluding hydrogens is 588 g/mol. The molecule has 41 heavy (non-hydrogen) atoms. The number of para-hydroxylation sites is 2. The van der Waals surface area contributed by atoms with Crippen molar-refractivity contribution in [2.24, 2.45) is 5.10 Å². The molecule has 0 unspecified atom stereocenters. The SMILES string of the molecule is Cc1ccc(COc2c(C=Nn3c(-c4cc5cc(Br)ccc5o4)nc4ccccc4c3=O)cccc2[N+](=O)[O-])cc1. The van der Waals surface area contributed by atoms with Gasteiger partial charge in [0.25, 0.3) is 5.56 Å². The molecule has 2 aromatic heterocycles. The fourth-order valence-corrected chi connectivity index (χ4v) is 4.80. The molecule has 10 heteroatoms. The predicted molar refractivity (Wildman–Crippen MR) is 161 cm³/mol. The number of nitro benzene ring substituents is 1. The van der Waals surface area contributed by atoms with Crippen LogP contribution in [-0.2, 0) is 6.61 Å². The van der Waals surface area contributed by atoms with E-state index in [1.54, 1.807) is 36.4 Å². The van der Waals surface area contributed by atoms with Gasteiger partial charge in [-0.15, -0.1) is 0 Å². The van der Waals surface area contributed by atoms with Crippen molar-refractivity contribution in [3.63, 3.8) is 0 Å². The molecule has 0 saturated carbocycles. The van der Waals surface area contributed by atoms with Gasteiger partial charge in [0.05, 0.1) is 22.0 Å². The Kier molecular flexibility index (Phi) is 6.90. The minimum Gasteiger partial charge on any atom is -0.481 e. The third-order valence-electron chi connectivity index (χ3n) is 6.49. The number of nitro groups is 1. The van der Waals surface area contributed by atoms with E-state index < -0.39 is 10.5 Å². The Bertz CT molecular complexity index is 2030. The van der Waals surface area contributed by atoms with Crippen LogP contribution in [0.1, 0.15) is 16.7 Å². The van der Waals surface area contributed by atoms with E-state index in [9.17, 15) is 14.9 Å². The van der Waals surface area contributed by atoms with Crippen molar-refractivity contribution in [1.82, 2.24) is 9.66 Å². The highest BCUT2D eigenvalue weighted by Gasteiger charge is 2.20. The van der Waals surface area contributed by atoms with Crippen molar-refractivity contribution >= 4 is 49.7 Å². The van der Waals surface area contributed by atoms with Crippen LogP contribution >= 0.6 is 15.9 Å². The summed E-state index contributed by atoms with van der Waals surface area (Å²) < 4.78 is 14.0. The molecule has 0 atom stereocenters. The molecule has 0 aliphatic heterocycles. The van der Waals surface area contributed by atoms with Crippen LogP contribution in [-0.4, -0.2) is 20.8 Å². The second-order valence-electron chi connectivity index (χ2n) is 9.33. The van der Waals surface area contributed by atoms with Gasteiger partial charge in [0, 0.05) is 21.5 Å². The molecule has 4 aromatic carbocycles. The Labute approximate surface area is 241 Å². The highest BCUT2D eigenvalue weighted by Crippen LogP contribution is 2.32. The molecule has 0 aliphatic rings. The molecule has 6 aromatic rings. The van der Waals surface area contributed by atoms with Gasteiger partial charge >= 0.3 is 5.69 Å². The second kappa shape index (κ2) is 10.8. The monoisotopic (exact) mass is 608 g/mol. The van der Waals surface area contributed by atoms with Gasteiger partial charge in [-0.05, 0) is 55.0 Å². The third kappa shape index (κ3) is 5.24. The van der Waals surface area contributed by atoms with E-state index in [1.165, 1.54) is 18.3 Å². The summed E-state index contributed by atoms with van der Waals surface area (Å²) >= 11 is 3.46. The van der Waals surface area contributed by atoms with Crippen molar-refractivity contribution in [2.45, 2.75) is 13.5 Å². The van der Waals surface area contributed by atoms with Crippen LogP contribution in [0.25, 0.3) is 33.5 Å². The largest absolute Gasteiger partial charge is 0.481 e. The van der Waals surface area contributed by atoms with Crippen LogP contribution < -0.4 is 10.3 Å². The highest BCUT2D eigenvalue weighted by atomic mass is 79.9. The molecule has 2 heterocycles. The summed E-state index contributed by atoms with van der Waals surface area (Å²) in [4.78, 5) is 29.7. The molecular formula is C31H21BrN4O5. The van der Waals surface area contributed by atoms with Crippen LogP contribution in [0.2, 0.25) is 0 Å². The average molecular weight is 609 g/mol. The first-order chi connectivity index (χ1) is 19.9. The molecule has 202 valence electrons. The Hall–Kier alpha value is -5.09. The number of halogens is 1. The lowest BCUT2D eigenvalue weighted by atomic mass is 10.1. The van der Waals surface area contributed by atoms with Crippen molar-refractivity contribution in [2.75, 3.05) is 0 Å². The minimum absolute atomic E-state index is 0.0405. The summed E-state index contributed by atoms with van der Waals surface area (Å²) in [6.07, 6.45) is 1.36. The lowest BCUT2D eigenvalue weighted by molar-refractivity contribution is -0.385. The van der Waals surface area contributed by atoms with Gasteiger partial charge in [0.2, 0.25) is 11.6 Å². The van der Waals surface area contributed by atoms with E-state index in [4.69, 9.17) is 14.1 Å². The summed E-state index contributed by atoms with van der Waals surface area (Å²) in [6, 6.07) is 26.5.